The zero-order chi connectivity index (χ0) is 20.2. The van der Waals surface area contributed by atoms with Crippen molar-refractivity contribution in [2.75, 3.05) is 27.3 Å². The van der Waals surface area contributed by atoms with E-state index < -0.39 is 0 Å². The van der Waals surface area contributed by atoms with Crippen LogP contribution in [0.4, 0.5) is 0 Å². The van der Waals surface area contributed by atoms with Gasteiger partial charge in [0.2, 0.25) is 0 Å². The lowest BCUT2D eigenvalue weighted by molar-refractivity contribution is 0.0919. The number of nitrogens with zero attached hydrogens (tertiary/aromatic N) is 1. The second-order valence-corrected chi connectivity index (χ2v) is 8.41. The molecular formula is C25H32ClNO3. The predicted octanol–water partition coefficient (Wildman–Crippen LogP) is 5.17. The van der Waals surface area contributed by atoms with Crippen molar-refractivity contribution < 1.29 is 14.3 Å². The maximum atomic E-state index is 12.9. The van der Waals surface area contributed by atoms with E-state index in [9.17, 15) is 4.79 Å². The monoisotopic (exact) mass is 429 g/mol. The second-order valence-electron chi connectivity index (χ2n) is 8.41. The minimum atomic E-state index is 0. The molecule has 1 saturated heterocycles. The Balaban J connectivity index is 0.00000256. The van der Waals surface area contributed by atoms with Crippen molar-refractivity contribution in [1.29, 1.82) is 0 Å². The quantitative estimate of drug-likeness (QED) is 0.608. The van der Waals surface area contributed by atoms with Gasteiger partial charge in [0.15, 0.2) is 17.3 Å². The van der Waals surface area contributed by atoms with Gasteiger partial charge in [-0.3, -0.25) is 9.69 Å². The average Bonchev–Trinajstić information content (AvgIpc) is 3.07. The zero-order valence-corrected chi connectivity index (χ0v) is 18.7. The molecule has 0 radical (unpaired) electrons. The molecule has 2 aromatic rings. The van der Waals surface area contributed by atoms with Crippen LogP contribution in [0, 0.1) is 11.8 Å². The van der Waals surface area contributed by atoms with Crippen molar-refractivity contribution in [2.24, 2.45) is 11.8 Å². The fraction of sp³-hybridized carbons (Fsp3) is 0.480. The first kappa shape index (κ1) is 22.6. The lowest BCUT2D eigenvalue weighted by atomic mass is 9.87. The Morgan fingerprint density at radius 3 is 2.30 bits per heavy atom. The summed E-state index contributed by atoms with van der Waals surface area (Å²) in [6.45, 7) is 3.37. The highest BCUT2D eigenvalue weighted by Gasteiger charge is 2.32. The van der Waals surface area contributed by atoms with Gasteiger partial charge >= 0.3 is 0 Å². The predicted molar refractivity (Wildman–Crippen MR) is 122 cm³/mol. The van der Waals surface area contributed by atoms with Crippen LogP contribution in [0.25, 0.3) is 0 Å². The maximum Gasteiger partial charge on any atom is 0.166 e. The van der Waals surface area contributed by atoms with Crippen LogP contribution in [0.15, 0.2) is 42.5 Å². The number of likely N-dealkylation sites (tertiary alicyclic amines) is 1. The summed E-state index contributed by atoms with van der Waals surface area (Å²) in [5.41, 5.74) is 3.33. The molecule has 1 unspecified atom stereocenters. The van der Waals surface area contributed by atoms with E-state index in [0.29, 0.717) is 11.5 Å². The number of methoxy groups -OCH3 is 2. The molecule has 4 nitrogen and oxygen atoms in total. The van der Waals surface area contributed by atoms with E-state index in [1.165, 1.54) is 18.4 Å². The Hall–Kier alpha value is -2.04. The van der Waals surface area contributed by atoms with Crippen molar-refractivity contribution in [1.82, 2.24) is 4.90 Å². The van der Waals surface area contributed by atoms with Gasteiger partial charge in [0, 0.05) is 18.0 Å². The van der Waals surface area contributed by atoms with Crippen molar-refractivity contribution >= 4 is 18.2 Å². The molecule has 1 fully saturated rings. The summed E-state index contributed by atoms with van der Waals surface area (Å²) in [7, 11) is 3.26. The average molecular weight is 430 g/mol. The van der Waals surface area contributed by atoms with Crippen molar-refractivity contribution in [3.05, 3.63) is 59.2 Å². The van der Waals surface area contributed by atoms with Crippen molar-refractivity contribution in [2.45, 2.75) is 38.6 Å². The number of Topliss-reactive ketones (excluding diaryl/α,β-unsaturated/α-hetero) is 1. The van der Waals surface area contributed by atoms with E-state index >= 15 is 0 Å². The van der Waals surface area contributed by atoms with Gasteiger partial charge in [-0.25, -0.2) is 0 Å². The van der Waals surface area contributed by atoms with Gasteiger partial charge in [-0.2, -0.15) is 0 Å². The molecule has 0 N–H and O–H groups in total. The number of piperidine rings is 1. The van der Waals surface area contributed by atoms with Gasteiger partial charge in [0.1, 0.15) is 0 Å². The summed E-state index contributed by atoms with van der Waals surface area (Å²) in [5.74, 6) is 2.49. The van der Waals surface area contributed by atoms with E-state index in [4.69, 9.17) is 9.47 Å². The fourth-order valence-electron chi connectivity index (χ4n) is 4.84. The largest absolute Gasteiger partial charge is 0.493 e. The number of halogens is 1. The number of benzene rings is 2. The van der Waals surface area contributed by atoms with Crippen molar-refractivity contribution in [3.8, 4) is 11.5 Å². The Kier molecular flexibility index (Phi) is 7.79. The summed E-state index contributed by atoms with van der Waals surface area (Å²) in [5, 5.41) is 0. The molecule has 2 aliphatic rings. The second kappa shape index (κ2) is 10.3. The minimum absolute atomic E-state index is 0. The smallest absolute Gasteiger partial charge is 0.166 e. The van der Waals surface area contributed by atoms with Crippen LogP contribution >= 0.6 is 12.4 Å². The SMILES string of the molecule is COc1cc2c(cc1OC)C(=O)C(CCC1CCN(Cc3ccccc3)CC1)C2.Cl. The lowest BCUT2D eigenvalue weighted by Crippen LogP contribution is -2.33. The molecule has 1 aliphatic carbocycles. The zero-order valence-electron chi connectivity index (χ0n) is 17.9. The third kappa shape index (κ3) is 4.98. The third-order valence-electron chi connectivity index (χ3n) is 6.59. The molecule has 0 bridgehead atoms. The van der Waals surface area contributed by atoms with Crippen molar-refractivity contribution in [3.63, 3.8) is 0 Å². The molecule has 2 aromatic carbocycles. The van der Waals surface area contributed by atoms with E-state index in [2.05, 4.69) is 35.2 Å². The van der Waals surface area contributed by atoms with Crippen LogP contribution in [-0.4, -0.2) is 38.0 Å². The number of hydrogen-bond acceptors (Lipinski definition) is 4. The van der Waals surface area contributed by atoms with Crippen LogP contribution in [0.3, 0.4) is 0 Å². The van der Waals surface area contributed by atoms with E-state index in [1.807, 2.05) is 12.1 Å². The lowest BCUT2D eigenvalue weighted by Gasteiger charge is -2.32. The third-order valence-corrected chi connectivity index (χ3v) is 6.59. The molecule has 0 amide bonds. The Bertz CT molecular complexity index is 847. The van der Waals surface area contributed by atoms with E-state index in [0.717, 1.165) is 55.9 Å². The first-order valence-corrected chi connectivity index (χ1v) is 10.7. The Morgan fingerprint density at radius 1 is 0.967 bits per heavy atom. The summed E-state index contributed by atoms with van der Waals surface area (Å²) in [6.07, 6.45) is 5.45. The Labute approximate surface area is 186 Å². The summed E-state index contributed by atoms with van der Waals surface area (Å²) < 4.78 is 10.8. The highest BCUT2D eigenvalue weighted by molar-refractivity contribution is 6.02. The molecule has 4 rings (SSSR count). The van der Waals surface area contributed by atoms with Gasteiger partial charge in [-0.05, 0) is 74.4 Å². The number of fused-ring (bicyclic) bond motifs is 1. The fourth-order valence-corrected chi connectivity index (χ4v) is 4.84. The highest BCUT2D eigenvalue weighted by Crippen LogP contribution is 2.38. The van der Waals surface area contributed by atoms with Gasteiger partial charge in [0.25, 0.3) is 0 Å². The van der Waals surface area contributed by atoms with Gasteiger partial charge in [-0.15, -0.1) is 12.4 Å². The standard InChI is InChI=1S/C25H31NO3.ClH/c1-28-23-15-21-14-20(25(27)22(21)16-24(23)29-2)9-8-18-10-12-26(13-11-18)17-19-6-4-3-5-7-19;/h3-7,15-16,18,20H,8-14,17H2,1-2H3;1H. The topological polar surface area (TPSA) is 38.8 Å². The van der Waals surface area contributed by atoms with Gasteiger partial charge in [-0.1, -0.05) is 30.3 Å². The minimum Gasteiger partial charge on any atom is -0.493 e. The molecule has 162 valence electrons. The van der Waals surface area contributed by atoms with Crippen LogP contribution in [0.5, 0.6) is 11.5 Å². The Morgan fingerprint density at radius 2 is 1.63 bits per heavy atom. The maximum absolute atomic E-state index is 12.9. The van der Waals surface area contributed by atoms with Crippen LogP contribution in [0.2, 0.25) is 0 Å². The molecule has 0 spiro atoms. The van der Waals surface area contributed by atoms with Crippen LogP contribution < -0.4 is 9.47 Å². The molecule has 1 aliphatic heterocycles. The van der Waals surface area contributed by atoms with E-state index in [-0.39, 0.29) is 24.1 Å². The molecule has 1 atom stereocenters. The molecule has 0 saturated carbocycles. The first-order valence-electron chi connectivity index (χ1n) is 10.7. The molecular weight excluding hydrogens is 398 g/mol. The highest BCUT2D eigenvalue weighted by atomic mass is 35.5. The molecule has 1 heterocycles. The number of hydrogen-bond donors (Lipinski definition) is 0. The molecule has 5 heteroatoms. The number of ether oxygens (including phenoxy) is 2. The van der Waals surface area contributed by atoms with E-state index in [1.54, 1.807) is 14.2 Å². The summed E-state index contributed by atoms with van der Waals surface area (Å²) in [6, 6.07) is 14.6. The summed E-state index contributed by atoms with van der Waals surface area (Å²) in [4.78, 5) is 15.4. The normalized spacial score (nSPS) is 19.3. The first-order chi connectivity index (χ1) is 14.2. The number of carbonyl (C=O) groups is 1. The van der Waals surface area contributed by atoms with Crippen LogP contribution in [0.1, 0.15) is 47.2 Å². The molecule has 30 heavy (non-hydrogen) atoms. The van der Waals surface area contributed by atoms with Gasteiger partial charge in [0.05, 0.1) is 14.2 Å². The number of rotatable bonds is 7. The van der Waals surface area contributed by atoms with Crippen LogP contribution in [-0.2, 0) is 13.0 Å². The number of ketones is 1. The molecule has 0 aromatic heterocycles. The number of carbonyl (C=O) groups excluding carboxylic acids is 1. The van der Waals surface area contributed by atoms with Gasteiger partial charge < -0.3 is 9.47 Å². The summed E-state index contributed by atoms with van der Waals surface area (Å²) >= 11 is 0.